The van der Waals surface area contributed by atoms with Crippen molar-refractivity contribution in [1.82, 2.24) is 5.10 Å². The van der Waals surface area contributed by atoms with Crippen molar-refractivity contribution >= 4 is 0 Å². The zero-order valence-electron chi connectivity index (χ0n) is 11.2. The van der Waals surface area contributed by atoms with E-state index in [0.717, 1.165) is 28.3 Å². The van der Waals surface area contributed by atoms with Crippen LogP contribution in [-0.4, -0.2) is 16.8 Å². The predicted octanol–water partition coefficient (Wildman–Crippen LogP) is 2.23. The molecule has 2 aromatic rings. The molecule has 1 aromatic heterocycles. The molecule has 0 aliphatic rings. The van der Waals surface area contributed by atoms with Gasteiger partial charge in [-0.1, -0.05) is 4.68 Å². The molecule has 0 bridgehead atoms. The van der Waals surface area contributed by atoms with Crippen LogP contribution in [0.1, 0.15) is 18.1 Å². The second-order valence-corrected chi connectivity index (χ2v) is 4.41. The van der Waals surface area contributed by atoms with Crippen LogP contribution in [0, 0.1) is 13.8 Å². The highest BCUT2D eigenvalue weighted by Crippen LogP contribution is 2.29. The molecule has 4 heteroatoms. The summed E-state index contributed by atoms with van der Waals surface area (Å²) < 4.78 is 7.48. The molecule has 2 N–H and O–H groups in total. The number of hydrogen-bond donors (Lipinski definition) is 2. The summed E-state index contributed by atoms with van der Waals surface area (Å²) in [7, 11) is 1.93. The SMILES string of the molecule is CCOc1c(C)c(-c2ccc(O)c(C)c2)[nH][n+]1C. The Morgan fingerprint density at radius 3 is 2.67 bits per heavy atom. The van der Waals surface area contributed by atoms with Gasteiger partial charge in [-0.15, -0.1) is 0 Å². The summed E-state index contributed by atoms with van der Waals surface area (Å²) in [6.07, 6.45) is 0. The van der Waals surface area contributed by atoms with Crippen LogP contribution in [0.4, 0.5) is 0 Å². The maximum absolute atomic E-state index is 9.56. The van der Waals surface area contributed by atoms with Gasteiger partial charge in [-0.3, -0.25) is 0 Å². The minimum absolute atomic E-state index is 0.317. The van der Waals surface area contributed by atoms with E-state index >= 15 is 0 Å². The number of nitrogens with one attached hydrogen (secondary N) is 1. The van der Waals surface area contributed by atoms with Crippen LogP contribution in [0.5, 0.6) is 11.6 Å². The van der Waals surface area contributed by atoms with Crippen molar-refractivity contribution in [3.8, 4) is 22.9 Å². The van der Waals surface area contributed by atoms with Crippen molar-refractivity contribution in [1.29, 1.82) is 0 Å². The second-order valence-electron chi connectivity index (χ2n) is 4.41. The minimum Gasteiger partial charge on any atom is -0.508 e. The van der Waals surface area contributed by atoms with Crippen molar-refractivity contribution in [2.75, 3.05) is 6.61 Å². The minimum atomic E-state index is 0.317. The molecule has 0 aliphatic carbocycles. The van der Waals surface area contributed by atoms with Crippen LogP contribution < -0.4 is 9.42 Å². The number of benzene rings is 1. The molecule has 18 heavy (non-hydrogen) atoms. The molecule has 0 unspecified atom stereocenters. The Kier molecular flexibility index (Phi) is 3.28. The topological polar surface area (TPSA) is 49.1 Å². The molecule has 0 fully saturated rings. The van der Waals surface area contributed by atoms with E-state index in [1.54, 1.807) is 6.07 Å². The van der Waals surface area contributed by atoms with Gasteiger partial charge in [0.15, 0.2) is 7.05 Å². The summed E-state index contributed by atoms with van der Waals surface area (Å²) >= 11 is 0. The molecule has 0 saturated carbocycles. The van der Waals surface area contributed by atoms with Crippen LogP contribution >= 0.6 is 0 Å². The van der Waals surface area contributed by atoms with E-state index in [0.29, 0.717) is 12.4 Å². The third-order valence-corrected chi connectivity index (χ3v) is 3.05. The van der Waals surface area contributed by atoms with Crippen LogP contribution in [-0.2, 0) is 7.05 Å². The highest BCUT2D eigenvalue weighted by atomic mass is 16.5. The third kappa shape index (κ3) is 2.06. The molecule has 4 nitrogen and oxygen atoms in total. The zero-order chi connectivity index (χ0) is 13.3. The number of nitrogens with zero attached hydrogens (tertiary/aromatic N) is 1. The van der Waals surface area contributed by atoms with Crippen molar-refractivity contribution in [2.24, 2.45) is 7.05 Å². The Morgan fingerprint density at radius 1 is 1.33 bits per heavy atom. The van der Waals surface area contributed by atoms with E-state index < -0.39 is 0 Å². The highest BCUT2D eigenvalue weighted by Gasteiger charge is 2.21. The maximum Gasteiger partial charge on any atom is 0.396 e. The number of ether oxygens (including phenoxy) is 1. The first kappa shape index (κ1) is 12.5. The first-order chi connectivity index (χ1) is 8.54. The fourth-order valence-corrected chi connectivity index (χ4v) is 2.09. The van der Waals surface area contributed by atoms with Crippen molar-refractivity contribution in [3.63, 3.8) is 0 Å². The smallest absolute Gasteiger partial charge is 0.396 e. The average molecular weight is 247 g/mol. The summed E-state index contributed by atoms with van der Waals surface area (Å²) in [5.41, 5.74) is 4.00. The van der Waals surface area contributed by atoms with Crippen LogP contribution in [0.3, 0.4) is 0 Å². The highest BCUT2D eigenvalue weighted by molar-refractivity contribution is 5.65. The van der Waals surface area contributed by atoms with Gasteiger partial charge < -0.3 is 9.84 Å². The molecule has 0 amide bonds. The van der Waals surface area contributed by atoms with Crippen molar-refractivity contribution < 1.29 is 14.5 Å². The number of aryl methyl sites for hydroxylation is 2. The molecule has 0 spiro atoms. The number of aromatic hydroxyl groups is 1. The molecule has 0 atom stereocenters. The molecular formula is C14H19N2O2+. The lowest BCUT2D eigenvalue weighted by Crippen LogP contribution is -2.32. The standard InChI is InChI=1S/C14H18N2O2/c1-5-18-14-10(3)13(15-16(14)4)11-6-7-12(17)9(2)8-11/h6-8H,5H2,1-4H3,(H,15,17)/p+1. The monoisotopic (exact) mass is 247 g/mol. The van der Waals surface area contributed by atoms with Gasteiger partial charge in [0.2, 0.25) is 0 Å². The lowest BCUT2D eigenvalue weighted by atomic mass is 10.1. The lowest BCUT2D eigenvalue weighted by molar-refractivity contribution is -0.730. The number of hydrogen-bond acceptors (Lipinski definition) is 2. The van der Waals surface area contributed by atoms with Gasteiger partial charge in [-0.25, -0.2) is 0 Å². The van der Waals surface area contributed by atoms with Gasteiger partial charge in [-0.05, 0) is 44.5 Å². The first-order valence-corrected chi connectivity index (χ1v) is 6.06. The second kappa shape index (κ2) is 4.72. The summed E-state index contributed by atoms with van der Waals surface area (Å²) in [5, 5.41) is 12.8. The van der Waals surface area contributed by atoms with E-state index in [4.69, 9.17) is 4.74 Å². The summed E-state index contributed by atoms with van der Waals surface area (Å²) in [6, 6.07) is 5.58. The number of aromatic amines is 1. The Hall–Kier alpha value is -1.97. The average Bonchev–Trinajstić information content (AvgIpc) is 2.61. The summed E-state index contributed by atoms with van der Waals surface area (Å²) in [5.74, 6) is 1.16. The van der Waals surface area contributed by atoms with E-state index in [9.17, 15) is 5.11 Å². The molecule has 96 valence electrons. The number of rotatable bonds is 3. The number of phenols is 1. The summed E-state index contributed by atoms with van der Waals surface area (Å²) in [6.45, 7) is 6.52. The third-order valence-electron chi connectivity index (χ3n) is 3.05. The van der Waals surface area contributed by atoms with Crippen LogP contribution in [0.2, 0.25) is 0 Å². The fourth-order valence-electron chi connectivity index (χ4n) is 2.09. The van der Waals surface area contributed by atoms with Crippen molar-refractivity contribution in [2.45, 2.75) is 20.8 Å². The van der Waals surface area contributed by atoms with Gasteiger partial charge in [0.25, 0.3) is 0 Å². The molecule has 2 rings (SSSR count). The molecule has 1 heterocycles. The Bertz CT molecular complexity index is 573. The number of H-pyrrole nitrogens is 1. The van der Waals surface area contributed by atoms with Gasteiger partial charge >= 0.3 is 5.88 Å². The van der Waals surface area contributed by atoms with Crippen molar-refractivity contribution in [3.05, 3.63) is 29.3 Å². The molecule has 0 radical (unpaired) electrons. The Labute approximate surface area is 107 Å². The normalized spacial score (nSPS) is 10.7. The molecule has 0 saturated heterocycles. The first-order valence-electron chi connectivity index (χ1n) is 6.06. The zero-order valence-corrected chi connectivity index (χ0v) is 11.2. The predicted molar refractivity (Wildman–Crippen MR) is 69.7 cm³/mol. The number of aromatic nitrogens is 2. The van der Waals surface area contributed by atoms with Crippen LogP contribution in [0.25, 0.3) is 11.3 Å². The fraction of sp³-hybridized carbons (Fsp3) is 0.357. The van der Waals surface area contributed by atoms with E-state index in [-0.39, 0.29) is 0 Å². The Morgan fingerprint density at radius 2 is 2.06 bits per heavy atom. The number of phenolic OH excluding ortho intramolecular Hbond substituents is 1. The maximum atomic E-state index is 9.56. The largest absolute Gasteiger partial charge is 0.508 e. The molecule has 0 aliphatic heterocycles. The quantitative estimate of drug-likeness (QED) is 0.817. The van der Waals surface area contributed by atoms with Gasteiger partial charge in [-0.2, -0.15) is 5.10 Å². The van der Waals surface area contributed by atoms with E-state index in [2.05, 4.69) is 5.10 Å². The van der Waals surface area contributed by atoms with E-state index in [1.807, 2.05) is 44.6 Å². The van der Waals surface area contributed by atoms with E-state index in [1.165, 1.54) is 0 Å². The Balaban J connectivity index is 2.50. The van der Waals surface area contributed by atoms with Gasteiger partial charge in [0.1, 0.15) is 11.4 Å². The molecular weight excluding hydrogens is 228 g/mol. The van der Waals surface area contributed by atoms with Crippen LogP contribution in [0.15, 0.2) is 18.2 Å². The molecule has 1 aromatic carbocycles. The van der Waals surface area contributed by atoms with Gasteiger partial charge in [0, 0.05) is 5.56 Å². The van der Waals surface area contributed by atoms with Gasteiger partial charge in [0.05, 0.1) is 12.2 Å². The lowest BCUT2D eigenvalue weighted by Gasteiger charge is -2.02. The summed E-state index contributed by atoms with van der Waals surface area (Å²) in [4.78, 5) is 0.